The standard InChI is InChI=1S/C22H33NO2/c1-14-15-4-5-17-21(12-15,18(14)24)9-6-16-20(2)7-3-8-22(16,17)19-23(13-20)10-11-25-19/h15-19,24H,1,3-13H2,2H3/t15-,16+,17+,18-,19+,20+,21-,22-/m0/s1. The molecule has 4 bridgehead atoms. The fraction of sp³-hybridized carbons (Fsp3) is 0.909. The lowest BCUT2D eigenvalue weighted by atomic mass is 9.38. The average molecular weight is 344 g/mol. The van der Waals surface area contributed by atoms with Crippen LogP contribution in [0.1, 0.15) is 58.3 Å². The summed E-state index contributed by atoms with van der Waals surface area (Å²) in [5, 5.41) is 11.3. The molecular weight excluding hydrogens is 310 g/mol. The highest BCUT2D eigenvalue weighted by Crippen LogP contribution is 2.75. The second-order valence-electron chi connectivity index (χ2n) is 10.6. The molecule has 2 heterocycles. The van der Waals surface area contributed by atoms with E-state index in [9.17, 15) is 5.11 Å². The van der Waals surface area contributed by atoms with Gasteiger partial charge in [-0.3, -0.25) is 4.90 Å². The predicted octanol–water partition coefficient (Wildman–Crippen LogP) is 3.58. The van der Waals surface area contributed by atoms with Gasteiger partial charge in [0.1, 0.15) is 6.23 Å². The van der Waals surface area contributed by atoms with E-state index >= 15 is 0 Å². The number of aliphatic hydroxyl groups excluding tert-OH is 1. The molecule has 0 amide bonds. The van der Waals surface area contributed by atoms with Gasteiger partial charge in [0.15, 0.2) is 0 Å². The lowest BCUT2D eigenvalue weighted by Gasteiger charge is -2.70. The first-order valence-corrected chi connectivity index (χ1v) is 10.7. The highest BCUT2D eigenvalue weighted by Gasteiger charge is 2.73. The molecule has 0 radical (unpaired) electrons. The van der Waals surface area contributed by atoms with E-state index in [1.54, 1.807) is 0 Å². The first-order chi connectivity index (χ1) is 12.0. The second-order valence-corrected chi connectivity index (χ2v) is 10.6. The van der Waals surface area contributed by atoms with Gasteiger partial charge < -0.3 is 9.84 Å². The number of ether oxygens (including phenoxy) is 1. The maximum absolute atomic E-state index is 11.3. The summed E-state index contributed by atoms with van der Waals surface area (Å²) in [5.74, 6) is 2.01. The average Bonchev–Trinajstić information content (AvgIpc) is 3.12. The molecule has 1 N–H and O–H groups in total. The van der Waals surface area contributed by atoms with Gasteiger partial charge in [-0.05, 0) is 73.7 Å². The van der Waals surface area contributed by atoms with Crippen molar-refractivity contribution >= 4 is 0 Å². The van der Waals surface area contributed by atoms with E-state index in [4.69, 9.17) is 4.74 Å². The molecule has 6 rings (SSSR count). The Morgan fingerprint density at radius 3 is 2.92 bits per heavy atom. The van der Waals surface area contributed by atoms with E-state index < -0.39 is 0 Å². The largest absolute Gasteiger partial charge is 0.388 e. The Labute approximate surface area is 151 Å². The third kappa shape index (κ3) is 1.62. The zero-order chi connectivity index (χ0) is 17.0. The minimum atomic E-state index is -0.259. The molecule has 1 spiro atoms. The molecule has 2 aliphatic heterocycles. The lowest BCUT2D eigenvalue weighted by molar-refractivity contribution is -0.276. The van der Waals surface area contributed by atoms with Gasteiger partial charge >= 0.3 is 0 Å². The van der Waals surface area contributed by atoms with Crippen LogP contribution in [0.4, 0.5) is 0 Å². The number of aliphatic hydroxyl groups is 1. The minimum Gasteiger partial charge on any atom is -0.388 e. The zero-order valence-corrected chi connectivity index (χ0v) is 15.7. The normalized spacial score (nSPS) is 60.1. The van der Waals surface area contributed by atoms with Crippen molar-refractivity contribution < 1.29 is 9.84 Å². The molecule has 3 nitrogen and oxygen atoms in total. The molecule has 0 aromatic rings. The van der Waals surface area contributed by atoms with E-state index in [1.807, 2.05) is 0 Å². The Hall–Kier alpha value is -0.380. The number of hydrogen-bond donors (Lipinski definition) is 1. The van der Waals surface area contributed by atoms with Crippen LogP contribution in [0.25, 0.3) is 0 Å². The summed E-state index contributed by atoms with van der Waals surface area (Å²) in [6.07, 6.45) is 10.4. The first-order valence-electron chi connectivity index (χ1n) is 10.7. The van der Waals surface area contributed by atoms with Crippen LogP contribution in [0.15, 0.2) is 12.2 Å². The van der Waals surface area contributed by atoms with Crippen LogP contribution in [0.2, 0.25) is 0 Å². The molecule has 0 aromatic heterocycles. The van der Waals surface area contributed by atoms with E-state index in [0.29, 0.717) is 23.5 Å². The molecule has 2 saturated heterocycles. The van der Waals surface area contributed by atoms with Crippen LogP contribution in [-0.4, -0.2) is 42.0 Å². The predicted molar refractivity (Wildman–Crippen MR) is 96.8 cm³/mol. The Kier molecular flexibility index (Phi) is 2.95. The fourth-order valence-corrected chi connectivity index (χ4v) is 9.31. The monoisotopic (exact) mass is 343 g/mol. The van der Waals surface area contributed by atoms with Gasteiger partial charge in [0.2, 0.25) is 0 Å². The van der Waals surface area contributed by atoms with Gasteiger partial charge in [0.25, 0.3) is 0 Å². The highest BCUT2D eigenvalue weighted by atomic mass is 16.5. The summed E-state index contributed by atoms with van der Waals surface area (Å²) in [6, 6.07) is 0. The molecule has 8 atom stereocenters. The summed E-state index contributed by atoms with van der Waals surface area (Å²) < 4.78 is 6.48. The summed E-state index contributed by atoms with van der Waals surface area (Å²) in [4.78, 5) is 2.69. The first kappa shape index (κ1) is 15.7. The van der Waals surface area contributed by atoms with Crippen molar-refractivity contribution in [1.82, 2.24) is 4.90 Å². The van der Waals surface area contributed by atoms with Crippen LogP contribution < -0.4 is 0 Å². The van der Waals surface area contributed by atoms with Crippen LogP contribution in [-0.2, 0) is 4.74 Å². The molecule has 25 heavy (non-hydrogen) atoms. The van der Waals surface area contributed by atoms with Gasteiger partial charge in [-0.15, -0.1) is 0 Å². The Morgan fingerprint density at radius 1 is 1.16 bits per heavy atom. The number of fused-ring (bicyclic) bond motifs is 2. The van der Waals surface area contributed by atoms with Crippen molar-refractivity contribution in [2.45, 2.75) is 70.6 Å². The van der Waals surface area contributed by atoms with Crippen molar-refractivity contribution in [1.29, 1.82) is 0 Å². The van der Waals surface area contributed by atoms with Gasteiger partial charge in [-0.1, -0.05) is 19.9 Å². The van der Waals surface area contributed by atoms with Crippen molar-refractivity contribution in [3.05, 3.63) is 12.2 Å². The molecule has 0 aromatic carbocycles. The maximum Gasteiger partial charge on any atom is 0.117 e. The van der Waals surface area contributed by atoms with Gasteiger partial charge in [-0.25, -0.2) is 0 Å². The maximum atomic E-state index is 11.3. The number of hydrogen-bond acceptors (Lipinski definition) is 3. The summed E-state index contributed by atoms with van der Waals surface area (Å²) >= 11 is 0. The van der Waals surface area contributed by atoms with E-state index in [1.165, 1.54) is 57.9 Å². The molecular formula is C22H33NO2. The number of rotatable bonds is 0. The van der Waals surface area contributed by atoms with Gasteiger partial charge in [-0.2, -0.15) is 0 Å². The van der Waals surface area contributed by atoms with Crippen molar-refractivity contribution in [3.8, 4) is 0 Å². The van der Waals surface area contributed by atoms with Crippen LogP contribution in [0.3, 0.4) is 0 Å². The third-order valence-corrected chi connectivity index (χ3v) is 9.95. The molecule has 3 heteroatoms. The molecule has 0 unspecified atom stereocenters. The van der Waals surface area contributed by atoms with E-state index in [2.05, 4.69) is 18.4 Å². The number of nitrogens with zero attached hydrogens (tertiary/aromatic N) is 1. The summed E-state index contributed by atoms with van der Waals surface area (Å²) in [6.45, 7) is 10.2. The molecule has 4 saturated carbocycles. The second kappa shape index (κ2) is 4.72. The SMILES string of the molecule is C=C1[C@H]2CC[C@@H]3[C@](CC[C@@H]4[C@]5(C)CCC[C@]43[C@H]3OCCN3C5)(C2)[C@H]1O. The fourth-order valence-electron chi connectivity index (χ4n) is 9.31. The Bertz CT molecular complexity index is 634. The lowest BCUT2D eigenvalue weighted by Crippen LogP contribution is -2.71. The van der Waals surface area contributed by atoms with Crippen molar-refractivity contribution in [2.75, 3.05) is 19.7 Å². The minimum absolute atomic E-state index is 0.115. The van der Waals surface area contributed by atoms with E-state index in [-0.39, 0.29) is 16.9 Å². The van der Waals surface area contributed by atoms with Crippen LogP contribution in [0, 0.1) is 34.0 Å². The molecule has 6 fully saturated rings. The zero-order valence-electron chi connectivity index (χ0n) is 15.7. The van der Waals surface area contributed by atoms with Crippen molar-refractivity contribution in [3.63, 3.8) is 0 Å². The summed E-state index contributed by atoms with van der Waals surface area (Å²) in [5.41, 5.74) is 2.03. The van der Waals surface area contributed by atoms with E-state index in [0.717, 1.165) is 24.6 Å². The number of piperidine rings is 1. The third-order valence-electron chi connectivity index (χ3n) is 9.95. The topological polar surface area (TPSA) is 32.7 Å². The van der Waals surface area contributed by atoms with Gasteiger partial charge in [0.05, 0.1) is 12.7 Å². The molecule has 138 valence electrons. The van der Waals surface area contributed by atoms with Crippen LogP contribution in [0.5, 0.6) is 0 Å². The summed E-state index contributed by atoms with van der Waals surface area (Å²) in [7, 11) is 0. The smallest absolute Gasteiger partial charge is 0.117 e. The van der Waals surface area contributed by atoms with Crippen LogP contribution >= 0.6 is 0 Å². The Morgan fingerprint density at radius 2 is 2.04 bits per heavy atom. The molecule has 6 aliphatic rings. The quantitative estimate of drug-likeness (QED) is 0.683. The Balaban J connectivity index is 1.53. The van der Waals surface area contributed by atoms with Gasteiger partial charge in [0, 0.05) is 23.9 Å². The molecule has 4 aliphatic carbocycles. The highest BCUT2D eigenvalue weighted by molar-refractivity contribution is 5.29. The van der Waals surface area contributed by atoms with Crippen molar-refractivity contribution in [2.24, 2.45) is 34.0 Å².